The van der Waals surface area contributed by atoms with Gasteiger partial charge in [-0.25, -0.2) is 0 Å². The zero-order valence-electron chi connectivity index (χ0n) is 13.2. The largest absolute Gasteiger partial charge is 0.389 e. The van der Waals surface area contributed by atoms with Crippen molar-refractivity contribution in [2.24, 2.45) is 0 Å². The number of rotatable bonds is 7. The highest BCUT2D eigenvalue weighted by Crippen LogP contribution is 2.07. The van der Waals surface area contributed by atoms with Gasteiger partial charge in [-0.3, -0.25) is 9.80 Å². The molecule has 1 N–H and O–H groups in total. The van der Waals surface area contributed by atoms with Crippen LogP contribution in [0.2, 0.25) is 0 Å². The predicted molar refractivity (Wildman–Crippen MR) is 77.8 cm³/mol. The second kappa shape index (κ2) is 7.84. The second-order valence-electron chi connectivity index (χ2n) is 5.84. The van der Waals surface area contributed by atoms with E-state index in [1.54, 1.807) is 6.92 Å². The number of hydrogen-bond acceptors (Lipinski definition) is 7. The lowest BCUT2D eigenvalue weighted by molar-refractivity contribution is -0.0149. The summed E-state index contributed by atoms with van der Waals surface area (Å²) in [5.41, 5.74) is 0. The number of hydrogen-bond donors (Lipinski definition) is 1. The highest BCUT2D eigenvalue weighted by Gasteiger charge is 2.20. The summed E-state index contributed by atoms with van der Waals surface area (Å²) in [5, 5.41) is 13.9. The van der Waals surface area contributed by atoms with Crippen molar-refractivity contribution in [2.75, 3.05) is 39.3 Å². The molecule has 1 aliphatic rings. The summed E-state index contributed by atoms with van der Waals surface area (Å²) in [4.78, 5) is 8.80. The Labute approximate surface area is 125 Å². The van der Waals surface area contributed by atoms with Crippen LogP contribution in [0, 0.1) is 6.92 Å². The molecule has 120 valence electrons. The zero-order valence-corrected chi connectivity index (χ0v) is 13.2. The van der Waals surface area contributed by atoms with Gasteiger partial charge in [0.15, 0.2) is 5.82 Å². The van der Waals surface area contributed by atoms with Crippen LogP contribution in [0.4, 0.5) is 0 Å². The van der Waals surface area contributed by atoms with Gasteiger partial charge in [-0.05, 0) is 13.8 Å². The molecule has 7 nitrogen and oxygen atoms in total. The lowest BCUT2D eigenvalue weighted by Gasteiger charge is -2.35. The second-order valence-corrected chi connectivity index (χ2v) is 5.84. The van der Waals surface area contributed by atoms with E-state index in [0.717, 1.165) is 38.5 Å². The van der Waals surface area contributed by atoms with Crippen LogP contribution in [0.15, 0.2) is 4.52 Å². The van der Waals surface area contributed by atoms with Crippen LogP contribution in [0.5, 0.6) is 0 Å². The Hall–Kier alpha value is -1.02. The van der Waals surface area contributed by atoms with Crippen molar-refractivity contribution in [1.29, 1.82) is 0 Å². The van der Waals surface area contributed by atoms with Crippen LogP contribution in [-0.2, 0) is 11.3 Å². The minimum absolute atomic E-state index is 0.162. The van der Waals surface area contributed by atoms with Gasteiger partial charge in [0.05, 0.1) is 25.4 Å². The van der Waals surface area contributed by atoms with E-state index in [0.29, 0.717) is 19.0 Å². The summed E-state index contributed by atoms with van der Waals surface area (Å²) in [6.07, 6.45) is -0.256. The molecule has 1 atom stereocenters. The minimum Gasteiger partial charge on any atom is -0.389 e. The molecule has 0 saturated carbocycles. The molecule has 0 aromatic carbocycles. The summed E-state index contributed by atoms with van der Waals surface area (Å²) in [6.45, 7) is 11.3. The minimum atomic E-state index is -0.418. The molecule has 0 bridgehead atoms. The average molecular weight is 298 g/mol. The average Bonchev–Trinajstić information content (AvgIpc) is 2.84. The summed E-state index contributed by atoms with van der Waals surface area (Å²) in [5.74, 6) is 1.35. The number of ether oxygens (including phenoxy) is 1. The number of aliphatic hydroxyl groups excluding tert-OH is 1. The lowest BCUT2D eigenvalue weighted by Crippen LogP contribution is -2.48. The van der Waals surface area contributed by atoms with Crippen LogP contribution in [-0.4, -0.2) is 76.6 Å². The summed E-state index contributed by atoms with van der Waals surface area (Å²) in [6, 6.07) is 0. The standard InChI is InChI=1S/C14H26N4O3/c1-11(2)20-10-13(19)8-17-4-6-18(7-5-17)9-14-15-12(3)21-16-14/h11,13,19H,4-10H2,1-3H3/t13-/m1/s1. The molecule has 1 aliphatic heterocycles. The van der Waals surface area contributed by atoms with E-state index in [-0.39, 0.29) is 6.10 Å². The van der Waals surface area contributed by atoms with Gasteiger partial charge in [-0.15, -0.1) is 0 Å². The molecular formula is C14H26N4O3. The normalized spacial score (nSPS) is 19.3. The van der Waals surface area contributed by atoms with Crippen molar-refractivity contribution in [3.05, 3.63) is 11.7 Å². The molecule has 0 radical (unpaired) electrons. The maximum absolute atomic E-state index is 9.94. The van der Waals surface area contributed by atoms with E-state index in [1.165, 1.54) is 0 Å². The topological polar surface area (TPSA) is 74.9 Å². The highest BCUT2D eigenvalue weighted by atomic mass is 16.5. The first kappa shape index (κ1) is 16.4. The summed E-state index contributed by atoms with van der Waals surface area (Å²) in [7, 11) is 0. The predicted octanol–water partition coefficient (Wildman–Crippen LogP) is 0.282. The summed E-state index contributed by atoms with van der Waals surface area (Å²) < 4.78 is 10.4. The zero-order chi connectivity index (χ0) is 15.2. The van der Waals surface area contributed by atoms with E-state index in [2.05, 4.69) is 19.9 Å². The third kappa shape index (κ3) is 5.70. The quantitative estimate of drug-likeness (QED) is 0.775. The molecule has 7 heteroatoms. The SMILES string of the molecule is Cc1nc(CN2CCN(C[C@@H](O)COC(C)C)CC2)no1. The Morgan fingerprint density at radius 3 is 2.48 bits per heavy atom. The van der Waals surface area contributed by atoms with Gasteiger partial charge in [-0.2, -0.15) is 4.98 Å². The number of aromatic nitrogens is 2. The van der Waals surface area contributed by atoms with E-state index in [1.807, 2.05) is 13.8 Å². The summed E-state index contributed by atoms with van der Waals surface area (Å²) >= 11 is 0. The Morgan fingerprint density at radius 2 is 1.90 bits per heavy atom. The van der Waals surface area contributed by atoms with Crippen LogP contribution in [0.1, 0.15) is 25.6 Å². The van der Waals surface area contributed by atoms with Crippen molar-refractivity contribution < 1.29 is 14.4 Å². The van der Waals surface area contributed by atoms with Crippen molar-refractivity contribution in [3.8, 4) is 0 Å². The van der Waals surface area contributed by atoms with Gasteiger partial charge in [0, 0.05) is 39.6 Å². The van der Waals surface area contributed by atoms with Crippen LogP contribution in [0.3, 0.4) is 0 Å². The third-order valence-electron chi connectivity index (χ3n) is 3.49. The molecule has 21 heavy (non-hydrogen) atoms. The van der Waals surface area contributed by atoms with Crippen LogP contribution in [0.25, 0.3) is 0 Å². The first-order valence-electron chi connectivity index (χ1n) is 7.56. The Balaban J connectivity index is 1.66. The molecule has 0 unspecified atom stereocenters. The Morgan fingerprint density at radius 1 is 1.24 bits per heavy atom. The van der Waals surface area contributed by atoms with Crippen molar-refractivity contribution in [2.45, 2.75) is 39.5 Å². The van der Waals surface area contributed by atoms with Crippen molar-refractivity contribution >= 4 is 0 Å². The van der Waals surface area contributed by atoms with Gasteiger partial charge < -0.3 is 14.4 Å². The van der Waals surface area contributed by atoms with E-state index in [4.69, 9.17) is 9.26 Å². The van der Waals surface area contributed by atoms with Gasteiger partial charge in [0.25, 0.3) is 0 Å². The lowest BCUT2D eigenvalue weighted by atomic mass is 10.2. The molecule has 1 aromatic rings. The molecule has 0 aliphatic carbocycles. The fraction of sp³-hybridized carbons (Fsp3) is 0.857. The van der Waals surface area contributed by atoms with E-state index in [9.17, 15) is 5.11 Å². The monoisotopic (exact) mass is 298 g/mol. The molecule has 1 fully saturated rings. The van der Waals surface area contributed by atoms with Gasteiger partial charge in [-0.1, -0.05) is 5.16 Å². The number of piperazine rings is 1. The van der Waals surface area contributed by atoms with Gasteiger partial charge >= 0.3 is 0 Å². The van der Waals surface area contributed by atoms with Crippen molar-refractivity contribution in [3.63, 3.8) is 0 Å². The molecule has 1 aromatic heterocycles. The van der Waals surface area contributed by atoms with E-state index >= 15 is 0 Å². The first-order valence-corrected chi connectivity index (χ1v) is 7.56. The number of aryl methyl sites for hydroxylation is 1. The first-order chi connectivity index (χ1) is 10.0. The van der Waals surface area contributed by atoms with Gasteiger partial charge in [0.1, 0.15) is 0 Å². The fourth-order valence-corrected chi connectivity index (χ4v) is 2.39. The van der Waals surface area contributed by atoms with Crippen LogP contribution >= 0.6 is 0 Å². The molecule has 0 amide bonds. The van der Waals surface area contributed by atoms with Crippen LogP contribution < -0.4 is 0 Å². The maximum atomic E-state index is 9.94. The highest BCUT2D eigenvalue weighted by molar-refractivity contribution is 4.85. The van der Waals surface area contributed by atoms with Crippen molar-refractivity contribution in [1.82, 2.24) is 19.9 Å². The third-order valence-corrected chi connectivity index (χ3v) is 3.49. The maximum Gasteiger partial charge on any atom is 0.223 e. The molecule has 2 rings (SSSR count). The molecular weight excluding hydrogens is 272 g/mol. The Bertz CT molecular complexity index is 416. The van der Waals surface area contributed by atoms with E-state index < -0.39 is 6.10 Å². The van der Waals surface area contributed by atoms with Gasteiger partial charge in [0.2, 0.25) is 5.89 Å². The Kier molecular flexibility index (Phi) is 6.10. The molecule has 2 heterocycles. The smallest absolute Gasteiger partial charge is 0.223 e. The number of β-amino-alcohol motifs (C(OH)–C–C–N with tert-alkyl or cyclic N) is 1. The molecule has 1 saturated heterocycles. The molecule has 0 spiro atoms. The fourth-order valence-electron chi connectivity index (χ4n) is 2.39. The number of nitrogens with zero attached hydrogens (tertiary/aromatic N) is 4. The number of aliphatic hydroxyl groups is 1.